The molecule has 2 aromatic rings. The third-order valence-electron chi connectivity index (χ3n) is 3.44. The van der Waals surface area contributed by atoms with Gasteiger partial charge in [0, 0.05) is 6.42 Å². The molecule has 2 heteroatoms. The van der Waals surface area contributed by atoms with Crippen LogP contribution in [0.1, 0.15) is 31.4 Å². The molecule has 0 amide bonds. The second-order valence-electron chi connectivity index (χ2n) is 5.00. The molecule has 0 aliphatic rings. The number of para-hydroxylation sites is 1. The maximum atomic E-state index is 11.9. The van der Waals surface area contributed by atoms with Crippen LogP contribution in [0, 0.1) is 5.92 Å². The van der Waals surface area contributed by atoms with Gasteiger partial charge < -0.3 is 4.74 Å². The first-order valence-corrected chi connectivity index (χ1v) is 7.04. The molecule has 2 rings (SSSR count). The van der Waals surface area contributed by atoms with Gasteiger partial charge in [0.05, 0.1) is 5.92 Å². The van der Waals surface area contributed by atoms with Crippen molar-refractivity contribution in [2.45, 2.75) is 26.7 Å². The average molecular weight is 268 g/mol. The van der Waals surface area contributed by atoms with E-state index in [1.54, 1.807) is 0 Å². The van der Waals surface area contributed by atoms with Gasteiger partial charge in [-0.15, -0.1) is 0 Å². The number of carbonyl (C=O) groups is 1. The lowest BCUT2D eigenvalue weighted by Crippen LogP contribution is -2.17. The van der Waals surface area contributed by atoms with Crippen molar-refractivity contribution in [3.8, 4) is 5.75 Å². The smallest absolute Gasteiger partial charge is 0.314 e. The summed E-state index contributed by atoms with van der Waals surface area (Å²) in [4.78, 5) is 11.9. The lowest BCUT2D eigenvalue weighted by molar-refractivity contribution is -0.138. The summed E-state index contributed by atoms with van der Waals surface area (Å²) in [5.41, 5.74) is 2.25. The number of benzene rings is 2. The molecule has 0 aromatic heterocycles. The maximum Gasteiger partial charge on any atom is 0.314 e. The van der Waals surface area contributed by atoms with Crippen LogP contribution in [0.5, 0.6) is 5.75 Å². The average Bonchev–Trinajstić information content (AvgIpc) is 2.49. The van der Waals surface area contributed by atoms with Gasteiger partial charge in [0.15, 0.2) is 0 Å². The van der Waals surface area contributed by atoms with Gasteiger partial charge in [-0.05, 0) is 23.6 Å². The Morgan fingerprint density at radius 3 is 2.40 bits per heavy atom. The highest BCUT2D eigenvalue weighted by Gasteiger charge is 2.15. The Bertz CT molecular complexity index is 561. The third-order valence-corrected chi connectivity index (χ3v) is 3.44. The van der Waals surface area contributed by atoms with E-state index >= 15 is 0 Å². The minimum absolute atomic E-state index is 0.0696. The zero-order valence-corrected chi connectivity index (χ0v) is 12.0. The number of hydrogen-bond donors (Lipinski definition) is 0. The van der Waals surface area contributed by atoms with Crippen LogP contribution in [0.3, 0.4) is 0 Å². The van der Waals surface area contributed by atoms with Crippen molar-refractivity contribution in [1.82, 2.24) is 0 Å². The summed E-state index contributed by atoms with van der Waals surface area (Å²) in [6.45, 7) is 3.88. The number of carbonyl (C=O) groups excluding carboxylic acids is 1. The summed E-state index contributed by atoms with van der Waals surface area (Å²) < 4.78 is 5.53. The summed E-state index contributed by atoms with van der Waals surface area (Å²) in [5.74, 6) is 0.439. The van der Waals surface area contributed by atoms with Gasteiger partial charge >= 0.3 is 5.97 Å². The zero-order chi connectivity index (χ0) is 14.4. The van der Waals surface area contributed by atoms with Crippen LogP contribution in [-0.4, -0.2) is 5.97 Å². The minimum atomic E-state index is -0.159. The van der Waals surface area contributed by atoms with Gasteiger partial charge in [0.25, 0.3) is 0 Å². The molecule has 1 unspecified atom stereocenters. The first kappa shape index (κ1) is 14.3. The second-order valence-corrected chi connectivity index (χ2v) is 5.00. The van der Waals surface area contributed by atoms with Crippen molar-refractivity contribution in [2.24, 2.45) is 5.92 Å². The molecule has 0 aliphatic heterocycles. The molecular formula is C18H20O2. The van der Waals surface area contributed by atoms with E-state index in [9.17, 15) is 4.79 Å². The Morgan fingerprint density at radius 2 is 1.70 bits per heavy atom. The van der Waals surface area contributed by atoms with Crippen LogP contribution >= 0.6 is 0 Å². The highest BCUT2D eigenvalue weighted by molar-refractivity contribution is 5.75. The molecule has 0 heterocycles. The maximum absolute atomic E-state index is 11.9. The standard InChI is InChI=1S/C18H20O2/c1-3-14(2)18(19)20-17-12-8-7-11-16(17)13-15-9-5-4-6-10-15/h4-12,14H,3,13H2,1-2H3. The fourth-order valence-corrected chi connectivity index (χ4v) is 1.94. The number of hydrogen-bond acceptors (Lipinski definition) is 2. The Kier molecular flexibility index (Phi) is 4.94. The van der Waals surface area contributed by atoms with Gasteiger partial charge in [0.2, 0.25) is 0 Å². The zero-order valence-electron chi connectivity index (χ0n) is 12.0. The molecule has 0 radical (unpaired) electrons. The van der Waals surface area contributed by atoms with E-state index in [0.717, 1.165) is 18.4 Å². The van der Waals surface area contributed by atoms with Crippen molar-refractivity contribution in [3.05, 3.63) is 65.7 Å². The first-order valence-electron chi connectivity index (χ1n) is 7.04. The highest BCUT2D eigenvalue weighted by atomic mass is 16.5. The van der Waals surface area contributed by atoms with Crippen molar-refractivity contribution in [3.63, 3.8) is 0 Å². The van der Waals surface area contributed by atoms with Gasteiger partial charge in [-0.3, -0.25) is 4.79 Å². The monoisotopic (exact) mass is 268 g/mol. The summed E-state index contributed by atoms with van der Waals surface area (Å²) in [7, 11) is 0. The van der Waals surface area contributed by atoms with Crippen molar-refractivity contribution in [1.29, 1.82) is 0 Å². The quantitative estimate of drug-likeness (QED) is 0.599. The SMILES string of the molecule is CCC(C)C(=O)Oc1ccccc1Cc1ccccc1. The summed E-state index contributed by atoms with van der Waals surface area (Å²) >= 11 is 0. The predicted molar refractivity (Wildman–Crippen MR) is 80.8 cm³/mol. The van der Waals surface area contributed by atoms with Gasteiger partial charge in [-0.1, -0.05) is 62.4 Å². The Morgan fingerprint density at radius 1 is 1.05 bits per heavy atom. The molecule has 20 heavy (non-hydrogen) atoms. The van der Waals surface area contributed by atoms with Crippen LogP contribution in [0.4, 0.5) is 0 Å². The molecule has 1 atom stereocenters. The Balaban J connectivity index is 2.16. The van der Waals surface area contributed by atoms with Crippen LogP contribution in [-0.2, 0) is 11.2 Å². The minimum Gasteiger partial charge on any atom is -0.426 e. The van der Waals surface area contributed by atoms with Gasteiger partial charge in [0.1, 0.15) is 5.75 Å². The van der Waals surface area contributed by atoms with Crippen LogP contribution in [0.15, 0.2) is 54.6 Å². The molecule has 2 nitrogen and oxygen atoms in total. The molecule has 0 saturated heterocycles. The van der Waals surface area contributed by atoms with Crippen molar-refractivity contribution < 1.29 is 9.53 Å². The van der Waals surface area contributed by atoms with E-state index in [1.807, 2.05) is 56.3 Å². The Labute approximate surface area is 120 Å². The highest BCUT2D eigenvalue weighted by Crippen LogP contribution is 2.22. The summed E-state index contributed by atoms with van der Waals surface area (Å²) in [6, 6.07) is 17.9. The van der Waals surface area contributed by atoms with Gasteiger partial charge in [-0.25, -0.2) is 0 Å². The molecule has 0 bridgehead atoms. The summed E-state index contributed by atoms with van der Waals surface area (Å²) in [5, 5.41) is 0. The second kappa shape index (κ2) is 6.90. The fourth-order valence-electron chi connectivity index (χ4n) is 1.94. The topological polar surface area (TPSA) is 26.3 Å². The first-order chi connectivity index (χ1) is 9.70. The molecular weight excluding hydrogens is 248 g/mol. The largest absolute Gasteiger partial charge is 0.426 e. The van der Waals surface area contributed by atoms with E-state index in [2.05, 4.69) is 12.1 Å². The lowest BCUT2D eigenvalue weighted by atomic mass is 10.0. The molecule has 0 N–H and O–H groups in total. The number of ether oxygens (including phenoxy) is 1. The van der Waals surface area contributed by atoms with Crippen LogP contribution < -0.4 is 4.74 Å². The normalized spacial score (nSPS) is 11.9. The van der Waals surface area contributed by atoms with Crippen LogP contribution in [0.2, 0.25) is 0 Å². The van der Waals surface area contributed by atoms with Crippen molar-refractivity contribution >= 4 is 5.97 Å². The molecule has 104 valence electrons. The lowest BCUT2D eigenvalue weighted by Gasteiger charge is -2.12. The van der Waals surface area contributed by atoms with E-state index in [0.29, 0.717) is 5.75 Å². The molecule has 0 spiro atoms. The fraction of sp³-hybridized carbons (Fsp3) is 0.278. The summed E-state index contributed by atoms with van der Waals surface area (Å²) in [6.07, 6.45) is 1.56. The van der Waals surface area contributed by atoms with E-state index < -0.39 is 0 Å². The third kappa shape index (κ3) is 3.70. The number of esters is 1. The number of rotatable bonds is 5. The van der Waals surface area contributed by atoms with Gasteiger partial charge in [-0.2, -0.15) is 0 Å². The van der Waals surface area contributed by atoms with Crippen LogP contribution in [0.25, 0.3) is 0 Å². The van der Waals surface area contributed by atoms with E-state index in [-0.39, 0.29) is 11.9 Å². The predicted octanol–water partition coefficient (Wildman–Crippen LogP) is 4.23. The van der Waals surface area contributed by atoms with E-state index in [4.69, 9.17) is 4.74 Å². The molecule has 0 fully saturated rings. The Hall–Kier alpha value is -2.09. The molecule has 2 aromatic carbocycles. The molecule has 0 saturated carbocycles. The van der Waals surface area contributed by atoms with E-state index in [1.165, 1.54) is 5.56 Å². The molecule has 0 aliphatic carbocycles. The van der Waals surface area contributed by atoms with Crippen molar-refractivity contribution in [2.75, 3.05) is 0 Å².